The van der Waals surface area contributed by atoms with E-state index in [1.54, 1.807) is 7.05 Å². The van der Waals surface area contributed by atoms with Crippen molar-refractivity contribution >= 4 is 5.91 Å². The number of benzene rings is 2. The smallest absolute Gasteiger partial charge is 0.427 e. The summed E-state index contributed by atoms with van der Waals surface area (Å²) in [4.78, 5) is 16.4. The van der Waals surface area contributed by atoms with Gasteiger partial charge in [0, 0.05) is 26.2 Å². The highest BCUT2D eigenvalue weighted by Crippen LogP contribution is 2.30. The number of para-hydroxylation sites is 1. The van der Waals surface area contributed by atoms with Gasteiger partial charge in [-0.1, -0.05) is 36.4 Å². The van der Waals surface area contributed by atoms with Crippen molar-refractivity contribution in [2.45, 2.75) is 31.5 Å². The molecule has 1 heterocycles. The summed E-state index contributed by atoms with van der Waals surface area (Å²) in [5.74, 6) is -1.14. The van der Waals surface area contributed by atoms with Gasteiger partial charge in [0.05, 0.1) is 5.56 Å². The molecule has 0 aromatic heterocycles. The van der Waals surface area contributed by atoms with Gasteiger partial charge in [0.1, 0.15) is 5.75 Å². The fourth-order valence-electron chi connectivity index (χ4n) is 3.45. The molecule has 0 fully saturated rings. The number of rotatable bonds is 6. The normalized spacial score (nSPS) is 17.1. The number of fused-ring (bicyclic) bond motifs is 1. The first-order chi connectivity index (χ1) is 13.7. The van der Waals surface area contributed by atoms with E-state index >= 15 is 0 Å². The number of hydrogen-bond acceptors (Lipinski definition) is 3. The molecule has 0 bridgehead atoms. The molecule has 0 saturated carbocycles. The fourth-order valence-corrected chi connectivity index (χ4v) is 3.45. The first-order valence-corrected chi connectivity index (χ1v) is 9.15. The summed E-state index contributed by atoms with van der Waals surface area (Å²) in [7, 11) is 3.51. The zero-order valence-corrected chi connectivity index (χ0v) is 16.1. The summed E-state index contributed by atoms with van der Waals surface area (Å²) in [6.07, 6.45) is -7.94. The Labute approximate surface area is 166 Å². The molecule has 0 radical (unpaired) electrons. The van der Waals surface area contributed by atoms with Crippen molar-refractivity contribution in [1.82, 2.24) is 9.80 Å². The molecule has 29 heavy (non-hydrogen) atoms. The Hall–Kier alpha value is -2.61. The highest BCUT2D eigenvalue weighted by Gasteiger charge is 2.44. The number of likely N-dealkylation sites (N-methyl/N-ethyl adjacent to an activating group) is 2. The van der Waals surface area contributed by atoms with Crippen LogP contribution in [0.2, 0.25) is 0 Å². The van der Waals surface area contributed by atoms with E-state index in [-0.39, 0.29) is 11.6 Å². The van der Waals surface area contributed by atoms with Crippen molar-refractivity contribution < 1.29 is 27.1 Å². The minimum Gasteiger partial charge on any atom is -0.427 e. The minimum absolute atomic E-state index is 0.0365. The number of alkyl halides is 4. The summed E-state index contributed by atoms with van der Waals surface area (Å²) >= 11 is 0. The molecular formula is C21H22F4N2O2. The van der Waals surface area contributed by atoms with Gasteiger partial charge in [0.15, 0.2) is 0 Å². The number of hydrogen-bond donors (Lipinski definition) is 0. The average Bonchev–Trinajstić information content (AvgIpc) is 2.68. The Morgan fingerprint density at radius 3 is 2.48 bits per heavy atom. The number of nitrogens with zero attached hydrogens (tertiary/aromatic N) is 2. The zero-order valence-electron chi connectivity index (χ0n) is 16.1. The zero-order chi connectivity index (χ0) is 21.2. The van der Waals surface area contributed by atoms with Crippen molar-refractivity contribution in [2.75, 3.05) is 20.6 Å². The number of amides is 1. The first-order valence-electron chi connectivity index (χ1n) is 9.15. The molecule has 0 saturated heterocycles. The van der Waals surface area contributed by atoms with Gasteiger partial charge in [-0.15, -0.1) is 0 Å². The van der Waals surface area contributed by atoms with Crippen LogP contribution in [0.15, 0.2) is 48.5 Å². The molecule has 1 unspecified atom stereocenters. The minimum atomic E-state index is -4.68. The molecule has 0 aliphatic carbocycles. The van der Waals surface area contributed by atoms with Crippen LogP contribution < -0.4 is 4.74 Å². The third-order valence-corrected chi connectivity index (χ3v) is 5.07. The SMILES string of the molecule is CN(CC1Cc2ccccc2CN1C)C(=O)c1ccccc1OC(F)(F)C(F)F. The Kier molecular flexibility index (Phi) is 6.12. The number of carbonyl (C=O) groups excluding carboxylic acids is 1. The highest BCUT2D eigenvalue weighted by atomic mass is 19.3. The summed E-state index contributed by atoms with van der Waals surface area (Å²) in [5.41, 5.74) is 2.25. The Morgan fingerprint density at radius 2 is 1.79 bits per heavy atom. The van der Waals surface area contributed by atoms with Gasteiger partial charge < -0.3 is 9.64 Å². The maximum absolute atomic E-state index is 13.3. The van der Waals surface area contributed by atoms with E-state index < -0.39 is 24.2 Å². The van der Waals surface area contributed by atoms with Crippen molar-refractivity contribution in [3.63, 3.8) is 0 Å². The fraction of sp³-hybridized carbons (Fsp3) is 0.381. The molecule has 1 amide bonds. The van der Waals surface area contributed by atoms with Crippen LogP contribution in [-0.4, -0.2) is 54.9 Å². The molecule has 0 N–H and O–H groups in total. The third kappa shape index (κ3) is 4.70. The van der Waals surface area contributed by atoms with Crippen LogP contribution in [0.4, 0.5) is 17.6 Å². The first kappa shape index (κ1) is 21.1. The maximum Gasteiger partial charge on any atom is 0.461 e. The second-order valence-corrected chi connectivity index (χ2v) is 7.19. The van der Waals surface area contributed by atoms with Gasteiger partial charge in [-0.05, 0) is 36.7 Å². The van der Waals surface area contributed by atoms with E-state index in [1.165, 1.54) is 34.2 Å². The predicted octanol–water partition coefficient (Wildman–Crippen LogP) is 4.05. The third-order valence-electron chi connectivity index (χ3n) is 5.07. The van der Waals surface area contributed by atoms with Gasteiger partial charge >= 0.3 is 12.5 Å². The van der Waals surface area contributed by atoms with E-state index in [1.807, 2.05) is 25.2 Å². The second-order valence-electron chi connectivity index (χ2n) is 7.19. The number of ether oxygens (including phenoxy) is 1. The van der Waals surface area contributed by atoms with Crippen molar-refractivity contribution in [3.05, 3.63) is 65.2 Å². The molecule has 1 aliphatic heterocycles. The van der Waals surface area contributed by atoms with Crippen LogP contribution in [0.3, 0.4) is 0 Å². The Balaban J connectivity index is 1.74. The van der Waals surface area contributed by atoms with Crippen molar-refractivity contribution in [1.29, 1.82) is 0 Å². The van der Waals surface area contributed by atoms with E-state index in [0.717, 1.165) is 19.0 Å². The molecular weight excluding hydrogens is 388 g/mol. The van der Waals surface area contributed by atoms with Crippen molar-refractivity contribution in [2.24, 2.45) is 0 Å². The number of carbonyl (C=O) groups is 1. The largest absolute Gasteiger partial charge is 0.461 e. The standard InChI is InChI=1S/C21H22F4N2O2/c1-26-12-15-8-4-3-7-14(15)11-16(26)13-27(2)19(28)17-9-5-6-10-18(17)29-21(24,25)20(22)23/h3-10,16,20H,11-13H2,1-2H3. The summed E-state index contributed by atoms with van der Waals surface area (Å²) in [5, 5.41) is 0. The van der Waals surface area contributed by atoms with Crippen LogP contribution in [0.25, 0.3) is 0 Å². The van der Waals surface area contributed by atoms with Gasteiger partial charge in [-0.25, -0.2) is 0 Å². The van der Waals surface area contributed by atoms with Crippen LogP contribution in [0, 0.1) is 0 Å². The quantitative estimate of drug-likeness (QED) is 0.674. The lowest BCUT2D eigenvalue weighted by Gasteiger charge is -2.36. The molecule has 1 aliphatic rings. The molecule has 8 heteroatoms. The lowest BCUT2D eigenvalue weighted by molar-refractivity contribution is -0.253. The van der Waals surface area contributed by atoms with Crippen LogP contribution in [-0.2, 0) is 13.0 Å². The lowest BCUT2D eigenvalue weighted by Crippen LogP contribution is -2.46. The summed E-state index contributed by atoms with van der Waals surface area (Å²) in [6.45, 7) is 1.09. The predicted molar refractivity (Wildman–Crippen MR) is 100 cm³/mol. The molecule has 4 nitrogen and oxygen atoms in total. The summed E-state index contributed by atoms with van der Waals surface area (Å²) < 4.78 is 55.8. The van der Waals surface area contributed by atoms with Gasteiger partial charge in [0.2, 0.25) is 0 Å². The Bertz CT molecular complexity index is 875. The summed E-state index contributed by atoms with van der Waals surface area (Å²) in [6, 6.07) is 13.3. The van der Waals surface area contributed by atoms with Crippen LogP contribution in [0.5, 0.6) is 5.75 Å². The molecule has 0 spiro atoms. The highest BCUT2D eigenvalue weighted by molar-refractivity contribution is 5.96. The molecule has 2 aromatic carbocycles. The topological polar surface area (TPSA) is 32.8 Å². The monoisotopic (exact) mass is 410 g/mol. The van der Waals surface area contributed by atoms with E-state index in [9.17, 15) is 22.4 Å². The maximum atomic E-state index is 13.3. The van der Waals surface area contributed by atoms with Crippen molar-refractivity contribution in [3.8, 4) is 5.75 Å². The Morgan fingerprint density at radius 1 is 1.17 bits per heavy atom. The van der Waals surface area contributed by atoms with E-state index in [0.29, 0.717) is 6.54 Å². The molecule has 156 valence electrons. The number of halogens is 4. The van der Waals surface area contributed by atoms with Gasteiger partial charge in [0.25, 0.3) is 5.91 Å². The van der Waals surface area contributed by atoms with Crippen LogP contribution >= 0.6 is 0 Å². The van der Waals surface area contributed by atoms with Gasteiger partial charge in [-0.3, -0.25) is 9.69 Å². The van der Waals surface area contributed by atoms with Crippen LogP contribution in [0.1, 0.15) is 21.5 Å². The van der Waals surface area contributed by atoms with E-state index in [2.05, 4.69) is 15.7 Å². The van der Waals surface area contributed by atoms with Gasteiger partial charge in [-0.2, -0.15) is 17.6 Å². The lowest BCUT2D eigenvalue weighted by atomic mass is 9.94. The molecule has 3 rings (SSSR count). The molecule has 2 aromatic rings. The van der Waals surface area contributed by atoms with E-state index in [4.69, 9.17) is 0 Å². The molecule has 1 atom stereocenters. The average molecular weight is 410 g/mol. The second kappa shape index (κ2) is 8.41.